The van der Waals surface area contributed by atoms with Crippen LogP contribution >= 0.6 is 11.6 Å². The average molecular weight is 714 g/mol. The van der Waals surface area contributed by atoms with Crippen LogP contribution in [0.1, 0.15) is 69.8 Å². The molecule has 5 aromatic rings. The van der Waals surface area contributed by atoms with Gasteiger partial charge in [-0.15, -0.1) is 0 Å². The molecule has 2 aromatic carbocycles. The summed E-state index contributed by atoms with van der Waals surface area (Å²) < 4.78 is 26.4. The highest BCUT2D eigenvalue weighted by Gasteiger charge is 2.40. The Bertz CT molecular complexity index is 2370. The van der Waals surface area contributed by atoms with Crippen LogP contribution in [0.25, 0.3) is 38.8 Å². The van der Waals surface area contributed by atoms with Gasteiger partial charge >= 0.3 is 5.69 Å². The molecule has 1 amide bonds. The van der Waals surface area contributed by atoms with Crippen LogP contribution in [0, 0.1) is 12.7 Å². The van der Waals surface area contributed by atoms with Gasteiger partial charge in [0.2, 0.25) is 11.7 Å². The molecule has 2 atom stereocenters. The van der Waals surface area contributed by atoms with Crippen molar-refractivity contribution in [2.75, 3.05) is 24.6 Å². The molecule has 0 bridgehead atoms. The number of nitrogens with one attached hydrogen (secondary N) is 1. The third-order valence-corrected chi connectivity index (χ3v) is 10.6. The van der Waals surface area contributed by atoms with Gasteiger partial charge in [-0.1, -0.05) is 51.9 Å². The normalized spacial score (nSPS) is 17.5. The van der Waals surface area contributed by atoms with Gasteiger partial charge in [0.15, 0.2) is 0 Å². The summed E-state index contributed by atoms with van der Waals surface area (Å²) in [6.45, 7) is 16.4. The number of hydrogen-bond donors (Lipinski definition) is 1. The Balaban J connectivity index is 1.66. The summed E-state index contributed by atoms with van der Waals surface area (Å²) in [5, 5.41) is 0.372. The lowest BCUT2D eigenvalue weighted by atomic mass is 9.94. The van der Waals surface area contributed by atoms with E-state index in [0.717, 1.165) is 0 Å². The van der Waals surface area contributed by atoms with Crippen LogP contribution in [0.5, 0.6) is 5.75 Å². The Hall–Kier alpha value is -4.97. The minimum absolute atomic E-state index is 0.00303. The lowest BCUT2D eigenvalue weighted by Crippen LogP contribution is -2.59. The van der Waals surface area contributed by atoms with E-state index in [9.17, 15) is 9.59 Å². The van der Waals surface area contributed by atoms with Gasteiger partial charge < -0.3 is 19.5 Å². The summed E-state index contributed by atoms with van der Waals surface area (Å²) in [6.07, 6.45) is 3.32. The topological polar surface area (TPSA) is 118 Å². The second-order valence-electron chi connectivity index (χ2n) is 14.2. The summed E-state index contributed by atoms with van der Waals surface area (Å²) in [5.41, 5.74) is 3.79. The van der Waals surface area contributed by atoms with Crippen LogP contribution in [0.3, 0.4) is 0 Å². The summed E-state index contributed by atoms with van der Waals surface area (Å²) in [7, 11) is 1.62. The first-order valence-electron chi connectivity index (χ1n) is 17.2. The number of aromatic amines is 1. The predicted octanol–water partition coefficient (Wildman–Crippen LogP) is 6.35. The molecule has 0 spiro atoms. The largest absolute Gasteiger partial charge is 0.486 e. The van der Waals surface area contributed by atoms with Gasteiger partial charge in [0.05, 0.1) is 57.0 Å². The third-order valence-electron chi connectivity index (χ3n) is 10.3. The number of ether oxygens (including phenoxy) is 1. The highest BCUT2D eigenvalue weighted by Crippen LogP contribution is 2.47. The number of H-pyrrole nitrogens is 1. The Kier molecular flexibility index (Phi) is 8.56. The number of benzene rings is 2. The first-order valence-corrected chi connectivity index (χ1v) is 17.6. The van der Waals surface area contributed by atoms with E-state index < -0.39 is 11.4 Å². The number of anilines is 1. The fraction of sp³-hybridized carbons (Fsp3) is 0.395. The number of pyridine rings is 1. The molecule has 11 nitrogen and oxygen atoms in total. The van der Waals surface area contributed by atoms with Crippen molar-refractivity contribution in [1.82, 2.24) is 29.0 Å². The van der Waals surface area contributed by atoms with Crippen molar-refractivity contribution in [2.45, 2.75) is 71.9 Å². The third kappa shape index (κ3) is 5.25. The molecule has 1 fully saturated rings. The maximum Gasteiger partial charge on any atom is 0.326 e. The van der Waals surface area contributed by atoms with Crippen molar-refractivity contribution < 1.29 is 13.9 Å². The minimum Gasteiger partial charge on any atom is -0.486 e. The molecule has 2 aliphatic rings. The molecule has 266 valence electrons. The number of imidazole rings is 1. The van der Waals surface area contributed by atoms with E-state index in [1.165, 1.54) is 27.6 Å². The standard InChI is InChI=1S/C38H41ClFN7O4/c1-9-26(48)45-16-22-12-13-51-36-33(46(22)15-21(45)7)23-14-24(40)28(27-20(6)10-11-25-34(27)44(8)38(50)43-25)29(39)32(23)47(37(36)49)35-30(18(2)3)41-17-42-31(35)19(4)5/h9-11,14,17-19,21-22H,1,12-13,15-16H2,2-8H3,(H,43,50). The van der Waals surface area contributed by atoms with Gasteiger partial charge in [-0.25, -0.2) is 19.2 Å². The zero-order valence-electron chi connectivity index (χ0n) is 29.8. The maximum absolute atomic E-state index is 17.1. The zero-order chi connectivity index (χ0) is 36.6. The van der Waals surface area contributed by atoms with E-state index in [2.05, 4.69) is 26.4 Å². The molecule has 3 aromatic heterocycles. The highest BCUT2D eigenvalue weighted by atomic mass is 35.5. The summed E-state index contributed by atoms with van der Waals surface area (Å²) in [6, 6.07) is 4.53. The van der Waals surface area contributed by atoms with Gasteiger partial charge in [0.1, 0.15) is 12.1 Å². The Morgan fingerprint density at radius 1 is 1.08 bits per heavy atom. The molecule has 0 saturated carbocycles. The van der Waals surface area contributed by atoms with Crippen LogP contribution < -0.4 is 20.9 Å². The number of aryl methyl sites for hydroxylation is 2. The van der Waals surface area contributed by atoms with Crippen molar-refractivity contribution in [3.8, 4) is 22.6 Å². The van der Waals surface area contributed by atoms with Crippen LogP contribution in [-0.2, 0) is 11.8 Å². The Morgan fingerprint density at radius 2 is 1.76 bits per heavy atom. The maximum atomic E-state index is 17.1. The molecule has 7 rings (SSSR count). The van der Waals surface area contributed by atoms with Crippen molar-refractivity contribution >= 4 is 45.1 Å². The van der Waals surface area contributed by atoms with E-state index in [1.807, 2.05) is 41.5 Å². The molecule has 13 heteroatoms. The van der Waals surface area contributed by atoms with Gasteiger partial charge in [-0.2, -0.15) is 0 Å². The number of rotatable bonds is 5. The van der Waals surface area contributed by atoms with E-state index in [1.54, 1.807) is 24.1 Å². The van der Waals surface area contributed by atoms with Gasteiger partial charge in [0, 0.05) is 49.1 Å². The highest BCUT2D eigenvalue weighted by molar-refractivity contribution is 6.39. The second kappa shape index (κ2) is 12.7. The number of halogens is 2. The van der Waals surface area contributed by atoms with Crippen LogP contribution in [0.4, 0.5) is 10.1 Å². The molecule has 51 heavy (non-hydrogen) atoms. The SMILES string of the molecule is C=CC(=O)N1CC2CCOc3c(c4cc(F)c(-c5c(C)ccc6[nH]c(=O)n(C)c56)c(Cl)c4n(-c4c(C(C)C)ncnc4C(C)C)c3=O)N2CC1C. The van der Waals surface area contributed by atoms with Crippen molar-refractivity contribution in [3.05, 3.63) is 85.8 Å². The minimum atomic E-state index is -0.629. The van der Waals surface area contributed by atoms with E-state index >= 15 is 9.18 Å². The number of fused-ring (bicyclic) bond motifs is 6. The number of carbonyl (C=O) groups is 1. The molecule has 0 aliphatic carbocycles. The van der Waals surface area contributed by atoms with Crippen LogP contribution in [-0.4, -0.2) is 66.7 Å². The van der Waals surface area contributed by atoms with Crippen molar-refractivity contribution in [2.24, 2.45) is 7.05 Å². The van der Waals surface area contributed by atoms with Gasteiger partial charge in [-0.05, 0) is 49.5 Å². The van der Waals surface area contributed by atoms with E-state index in [0.29, 0.717) is 69.8 Å². The number of carbonyl (C=O) groups excluding carboxylic acids is 1. The first-order chi connectivity index (χ1) is 24.3. The fourth-order valence-electron chi connectivity index (χ4n) is 7.81. The molecule has 1 saturated heterocycles. The molecule has 1 N–H and O–H groups in total. The summed E-state index contributed by atoms with van der Waals surface area (Å²) >= 11 is 7.51. The predicted molar refractivity (Wildman–Crippen MR) is 198 cm³/mol. The molecule has 0 radical (unpaired) electrons. The first kappa shape index (κ1) is 34.5. The Morgan fingerprint density at radius 3 is 2.41 bits per heavy atom. The number of nitrogens with zero attached hydrogens (tertiary/aromatic N) is 6. The van der Waals surface area contributed by atoms with E-state index in [4.69, 9.17) is 16.3 Å². The van der Waals surface area contributed by atoms with Crippen molar-refractivity contribution in [3.63, 3.8) is 0 Å². The fourth-order valence-corrected chi connectivity index (χ4v) is 8.18. The van der Waals surface area contributed by atoms with Crippen LogP contribution in [0.2, 0.25) is 5.02 Å². The Labute approximate surface area is 299 Å². The number of amides is 1. The molecular formula is C38H41ClFN7O4. The summed E-state index contributed by atoms with van der Waals surface area (Å²) in [4.78, 5) is 56.8. The lowest BCUT2D eigenvalue weighted by molar-refractivity contribution is -0.129. The quantitative estimate of drug-likeness (QED) is 0.211. The van der Waals surface area contributed by atoms with E-state index in [-0.39, 0.29) is 64.0 Å². The number of aromatic nitrogens is 5. The monoisotopic (exact) mass is 713 g/mol. The molecular weight excluding hydrogens is 673 g/mol. The summed E-state index contributed by atoms with van der Waals surface area (Å²) in [5.74, 6) is -0.972. The number of piperazine rings is 1. The zero-order valence-corrected chi connectivity index (χ0v) is 30.6. The van der Waals surface area contributed by atoms with Gasteiger partial charge in [-0.3, -0.25) is 18.7 Å². The lowest BCUT2D eigenvalue weighted by Gasteiger charge is -2.45. The second-order valence-corrected chi connectivity index (χ2v) is 14.6. The smallest absolute Gasteiger partial charge is 0.326 e. The van der Waals surface area contributed by atoms with Crippen molar-refractivity contribution in [1.29, 1.82) is 0 Å². The number of hydrogen-bond acceptors (Lipinski definition) is 7. The molecule has 2 unspecified atom stereocenters. The molecule has 2 aliphatic heterocycles. The van der Waals surface area contributed by atoms with Crippen LogP contribution in [0.15, 0.2) is 46.8 Å². The average Bonchev–Trinajstić information content (AvgIpc) is 3.25. The van der Waals surface area contributed by atoms with Gasteiger partial charge in [0.25, 0.3) is 5.56 Å². The molecule has 5 heterocycles.